The molecule has 124 valence electrons. The van der Waals surface area contributed by atoms with E-state index in [1.807, 2.05) is 0 Å². The molecule has 9 heteroatoms. The number of anilines is 1. The van der Waals surface area contributed by atoms with E-state index in [0.29, 0.717) is 5.75 Å². The maximum atomic E-state index is 12.1. The topological polar surface area (TPSA) is 114 Å². The van der Waals surface area contributed by atoms with Gasteiger partial charge in [0.2, 0.25) is 0 Å². The van der Waals surface area contributed by atoms with Crippen molar-refractivity contribution in [2.45, 2.75) is 0 Å². The number of nitro benzene ring substituents is 1. The fourth-order valence-corrected chi connectivity index (χ4v) is 2.03. The molecule has 0 unspecified atom stereocenters. The second kappa shape index (κ2) is 7.38. The van der Waals surface area contributed by atoms with Crippen LogP contribution in [0.15, 0.2) is 42.5 Å². The molecule has 0 fully saturated rings. The highest BCUT2D eigenvalue weighted by Crippen LogP contribution is 2.27. The van der Waals surface area contributed by atoms with Crippen LogP contribution in [0.3, 0.4) is 0 Å². The van der Waals surface area contributed by atoms with Gasteiger partial charge in [0.25, 0.3) is 11.6 Å². The predicted octanol–water partition coefficient (Wildman–Crippen LogP) is 2.44. The molecule has 0 bridgehead atoms. The monoisotopic (exact) mass is 347 g/mol. The van der Waals surface area contributed by atoms with Gasteiger partial charge in [0.05, 0.1) is 17.7 Å². The van der Waals surface area contributed by atoms with Gasteiger partial charge in [-0.25, -0.2) is 0 Å². The van der Waals surface area contributed by atoms with Crippen molar-refractivity contribution in [1.82, 2.24) is 5.32 Å². The Morgan fingerprint density at radius 2 is 2.04 bits per heavy atom. The Kier molecular flexibility index (Phi) is 5.27. The highest BCUT2D eigenvalue weighted by molar-refractivity contribution is 7.80. The molecule has 0 aromatic heterocycles. The van der Waals surface area contributed by atoms with Gasteiger partial charge >= 0.3 is 0 Å². The summed E-state index contributed by atoms with van der Waals surface area (Å²) in [5.74, 6) is -0.204. The number of benzene rings is 2. The van der Waals surface area contributed by atoms with Crippen LogP contribution >= 0.6 is 12.2 Å². The highest BCUT2D eigenvalue weighted by Gasteiger charge is 2.13. The molecule has 1 amide bonds. The summed E-state index contributed by atoms with van der Waals surface area (Å²) in [4.78, 5) is 22.2. The zero-order valence-electron chi connectivity index (χ0n) is 12.5. The molecule has 0 atom stereocenters. The fraction of sp³-hybridized carbons (Fsp3) is 0.0667. The second-order valence-corrected chi connectivity index (χ2v) is 5.01. The van der Waals surface area contributed by atoms with Crippen molar-refractivity contribution in [1.29, 1.82) is 0 Å². The van der Waals surface area contributed by atoms with Gasteiger partial charge in [-0.1, -0.05) is 6.07 Å². The number of thiocarbonyl (C=S) groups is 1. The van der Waals surface area contributed by atoms with Crippen molar-refractivity contribution in [3.05, 3.63) is 58.1 Å². The van der Waals surface area contributed by atoms with Crippen LogP contribution in [0.4, 0.5) is 11.4 Å². The van der Waals surface area contributed by atoms with Crippen molar-refractivity contribution in [2.24, 2.45) is 0 Å². The van der Waals surface area contributed by atoms with Gasteiger partial charge in [-0.15, -0.1) is 0 Å². The second-order valence-electron chi connectivity index (χ2n) is 4.60. The molecule has 0 aliphatic carbocycles. The van der Waals surface area contributed by atoms with Crippen molar-refractivity contribution in [3.63, 3.8) is 0 Å². The lowest BCUT2D eigenvalue weighted by Gasteiger charge is -2.12. The molecule has 2 rings (SSSR count). The number of hydrogen-bond donors (Lipinski definition) is 3. The van der Waals surface area contributed by atoms with E-state index >= 15 is 0 Å². The normalized spacial score (nSPS) is 9.88. The molecule has 3 N–H and O–H groups in total. The first-order valence-corrected chi connectivity index (χ1v) is 7.05. The number of phenolic OH excluding ortho intramolecular Hbond substituents is 1. The van der Waals surface area contributed by atoms with Crippen LogP contribution < -0.4 is 15.4 Å². The van der Waals surface area contributed by atoms with Crippen molar-refractivity contribution < 1.29 is 19.6 Å². The van der Waals surface area contributed by atoms with Crippen molar-refractivity contribution in [3.8, 4) is 11.5 Å². The number of aromatic hydroxyl groups is 1. The number of nitrogens with one attached hydrogen (secondary N) is 2. The molecule has 2 aromatic rings. The van der Waals surface area contributed by atoms with E-state index in [0.717, 1.165) is 6.07 Å². The minimum Gasteiger partial charge on any atom is -0.506 e. The third-order valence-corrected chi connectivity index (χ3v) is 3.20. The van der Waals surface area contributed by atoms with E-state index in [9.17, 15) is 20.0 Å². The molecule has 2 aromatic carbocycles. The number of hydrogen-bond acceptors (Lipinski definition) is 6. The summed E-state index contributed by atoms with van der Waals surface area (Å²) < 4.78 is 5.03. The van der Waals surface area contributed by atoms with Gasteiger partial charge in [0.15, 0.2) is 5.11 Å². The number of methoxy groups -OCH3 is 1. The smallest absolute Gasteiger partial charge is 0.270 e. The molecule has 24 heavy (non-hydrogen) atoms. The summed E-state index contributed by atoms with van der Waals surface area (Å²) in [6, 6.07) is 9.71. The number of carbonyl (C=O) groups is 1. The van der Waals surface area contributed by atoms with Gasteiger partial charge in [0.1, 0.15) is 11.5 Å². The Hall–Kier alpha value is -3.20. The van der Waals surface area contributed by atoms with Crippen LogP contribution in [0, 0.1) is 10.1 Å². The molecule has 0 saturated heterocycles. The van der Waals surface area contributed by atoms with E-state index in [-0.39, 0.29) is 27.8 Å². The quantitative estimate of drug-likeness (QED) is 0.337. The summed E-state index contributed by atoms with van der Waals surface area (Å²) in [6.07, 6.45) is 0. The van der Waals surface area contributed by atoms with Gasteiger partial charge in [-0.3, -0.25) is 20.2 Å². The molecule has 0 spiro atoms. The van der Waals surface area contributed by atoms with E-state index in [1.54, 1.807) is 6.07 Å². The maximum absolute atomic E-state index is 12.1. The Morgan fingerprint density at radius 1 is 1.29 bits per heavy atom. The summed E-state index contributed by atoms with van der Waals surface area (Å²) in [7, 11) is 1.47. The van der Waals surface area contributed by atoms with Crippen LogP contribution in [0.1, 0.15) is 10.4 Å². The fourth-order valence-electron chi connectivity index (χ4n) is 1.83. The average Bonchev–Trinajstić information content (AvgIpc) is 2.56. The minimum atomic E-state index is -0.612. The van der Waals surface area contributed by atoms with E-state index in [1.165, 1.54) is 37.4 Å². The number of carbonyl (C=O) groups excluding carboxylic acids is 1. The number of ether oxygens (including phenoxy) is 1. The van der Waals surface area contributed by atoms with Gasteiger partial charge in [0, 0.05) is 23.8 Å². The Labute approximate surface area is 142 Å². The lowest BCUT2D eigenvalue weighted by molar-refractivity contribution is -0.384. The zero-order chi connectivity index (χ0) is 17.7. The Balaban J connectivity index is 2.08. The number of nitrogens with zero attached hydrogens (tertiary/aromatic N) is 1. The third kappa shape index (κ3) is 4.17. The molecular formula is C15H13N3O5S. The highest BCUT2D eigenvalue weighted by atomic mass is 32.1. The van der Waals surface area contributed by atoms with Gasteiger partial charge in [-0.2, -0.15) is 0 Å². The number of non-ortho nitro benzene ring substituents is 1. The number of amides is 1. The first-order chi connectivity index (χ1) is 11.4. The summed E-state index contributed by atoms with van der Waals surface area (Å²) in [6.45, 7) is 0. The molecular weight excluding hydrogens is 334 g/mol. The SMILES string of the molecule is COc1ccc(O)c(NC(=S)NC(=O)c2cccc([N+](=O)[O-])c2)c1. The summed E-state index contributed by atoms with van der Waals surface area (Å²) in [5.41, 5.74) is 0.133. The van der Waals surface area contributed by atoms with E-state index in [4.69, 9.17) is 17.0 Å². The third-order valence-electron chi connectivity index (χ3n) is 3.00. The largest absolute Gasteiger partial charge is 0.506 e. The van der Waals surface area contributed by atoms with E-state index in [2.05, 4.69) is 10.6 Å². The molecule has 0 saturated carbocycles. The first kappa shape index (κ1) is 17.2. The van der Waals surface area contributed by atoms with Crippen LogP contribution in [-0.4, -0.2) is 28.2 Å². The summed E-state index contributed by atoms with van der Waals surface area (Å²) in [5, 5.41) is 25.5. The molecule has 8 nitrogen and oxygen atoms in total. The standard InChI is InChI=1S/C15H13N3O5S/c1-23-11-5-6-13(19)12(8-11)16-15(24)17-14(20)9-3-2-4-10(7-9)18(21)22/h2-8,19H,1H3,(H2,16,17,20,24). The average molecular weight is 347 g/mol. The van der Waals surface area contributed by atoms with Crippen LogP contribution in [0.25, 0.3) is 0 Å². The van der Waals surface area contributed by atoms with Gasteiger partial charge < -0.3 is 15.2 Å². The number of rotatable bonds is 4. The molecule has 0 aliphatic heterocycles. The number of phenols is 1. The molecule has 0 aliphatic rings. The van der Waals surface area contributed by atoms with Crippen molar-refractivity contribution >= 4 is 34.6 Å². The Bertz CT molecular complexity index is 809. The maximum Gasteiger partial charge on any atom is 0.270 e. The van der Waals surface area contributed by atoms with Crippen LogP contribution in [0.2, 0.25) is 0 Å². The first-order valence-electron chi connectivity index (χ1n) is 6.64. The van der Waals surface area contributed by atoms with Gasteiger partial charge in [-0.05, 0) is 30.4 Å². The Morgan fingerprint density at radius 3 is 2.71 bits per heavy atom. The lowest BCUT2D eigenvalue weighted by atomic mass is 10.2. The minimum absolute atomic E-state index is 0.0740. The van der Waals surface area contributed by atoms with Crippen LogP contribution in [-0.2, 0) is 0 Å². The van der Waals surface area contributed by atoms with Crippen LogP contribution in [0.5, 0.6) is 11.5 Å². The summed E-state index contributed by atoms with van der Waals surface area (Å²) >= 11 is 5.01. The molecule has 0 radical (unpaired) electrons. The lowest BCUT2D eigenvalue weighted by Crippen LogP contribution is -2.34. The zero-order valence-corrected chi connectivity index (χ0v) is 13.3. The van der Waals surface area contributed by atoms with E-state index < -0.39 is 10.8 Å². The number of nitro groups is 1. The van der Waals surface area contributed by atoms with Crippen molar-refractivity contribution in [2.75, 3.05) is 12.4 Å². The molecule has 0 heterocycles. The predicted molar refractivity (Wildman–Crippen MR) is 91.4 cm³/mol.